The van der Waals surface area contributed by atoms with Gasteiger partial charge in [0.05, 0.1) is 6.61 Å². The molecule has 0 aromatic heterocycles. The van der Waals surface area contributed by atoms with Crippen LogP contribution in [-0.2, 0) is 13.2 Å². The molecule has 0 radical (unpaired) electrons. The summed E-state index contributed by atoms with van der Waals surface area (Å²) in [4.78, 5) is 0. The van der Waals surface area contributed by atoms with Crippen molar-refractivity contribution in [2.75, 3.05) is 13.2 Å². The summed E-state index contributed by atoms with van der Waals surface area (Å²) in [5.74, 6) is 1.45. The number of ether oxygens (including phenoxy) is 2. The molecule has 2 aromatic carbocycles. The molecule has 0 heterocycles. The maximum atomic E-state index is 5.94. The smallest absolute Gasteiger partial charge is 0.162 e. The minimum absolute atomic E-state index is 0.456. The highest BCUT2D eigenvalue weighted by molar-refractivity contribution is 9.10. The van der Waals surface area contributed by atoms with Gasteiger partial charge in [-0.1, -0.05) is 45.7 Å². The van der Waals surface area contributed by atoms with Gasteiger partial charge in [0.25, 0.3) is 0 Å². The summed E-state index contributed by atoms with van der Waals surface area (Å²) in [6.07, 6.45) is 1.83. The Morgan fingerprint density at radius 3 is 2.54 bits per heavy atom. The van der Waals surface area contributed by atoms with Crippen LogP contribution < -0.4 is 14.8 Å². The lowest BCUT2D eigenvalue weighted by atomic mass is 10.2. The lowest BCUT2D eigenvalue weighted by molar-refractivity contribution is 0.269. The zero-order valence-corrected chi connectivity index (χ0v) is 16.0. The van der Waals surface area contributed by atoms with Crippen LogP contribution in [0.1, 0.15) is 18.1 Å². The summed E-state index contributed by atoms with van der Waals surface area (Å²) in [5.41, 5.74) is 2.16. The summed E-state index contributed by atoms with van der Waals surface area (Å²) < 4.78 is 12.7. The summed E-state index contributed by atoms with van der Waals surface area (Å²) >= 11 is 9.51. The van der Waals surface area contributed by atoms with Gasteiger partial charge in [0.1, 0.15) is 6.61 Å². The van der Waals surface area contributed by atoms with Crippen LogP contribution in [0, 0.1) is 0 Å². The van der Waals surface area contributed by atoms with Gasteiger partial charge in [-0.05, 0) is 42.3 Å². The Hall–Kier alpha value is -1.49. The molecule has 0 fully saturated rings. The lowest BCUT2D eigenvalue weighted by Crippen LogP contribution is -2.13. The number of rotatable bonds is 9. The van der Waals surface area contributed by atoms with E-state index in [1.165, 1.54) is 0 Å². The zero-order valence-electron chi connectivity index (χ0n) is 13.6. The molecular weight excluding hydrogens is 390 g/mol. The second-order valence-corrected chi connectivity index (χ2v) is 6.45. The average molecular weight is 411 g/mol. The second-order valence-electron chi connectivity index (χ2n) is 5.16. The summed E-state index contributed by atoms with van der Waals surface area (Å²) in [5, 5.41) is 4.00. The molecule has 0 saturated carbocycles. The second kappa shape index (κ2) is 9.72. The molecule has 1 N–H and O–H groups in total. The molecule has 0 bridgehead atoms. The number of halogens is 2. The average Bonchev–Trinajstić information content (AvgIpc) is 2.58. The molecule has 0 spiro atoms. The van der Waals surface area contributed by atoms with Crippen molar-refractivity contribution in [3.8, 4) is 11.5 Å². The summed E-state index contributed by atoms with van der Waals surface area (Å²) in [6, 6.07) is 11.6. The highest BCUT2D eigenvalue weighted by Crippen LogP contribution is 2.34. The van der Waals surface area contributed by atoms with Gasteiger partial charge < -0.3 is 14.8 Å². The normalized spacial score (nSPS) is 10.5. The van der Waals surface area contributed by atoms with E-state index in [9.17, 15) is 0 Å². The predicted octanol–water partition coefficient (Wildman–Crippen LogP) is 5.36. The van der Waals surface area contributed by atoms with Crippen molar-refractivity contribution in [1.82, 2.24) is 5.32 Å². The van der Waals surface area contributed by atoms with Gasteiger partial charge >= 0.3 is 0 Å². The number of hydrogen-bond donors (Lipinski definition) is 1. The topological polar surface area (TPSA) is 30.5 Å². The molecule has 128 valence electrons. The first-order valence-electron chi connectivity index (χ1n) is 7.78. The van der Waals surface area contributed by atoms with Crippen LogP contribution in [0.4, 0.5) is 0 Å². The molecule has 2 rings (SSSR count). The van der Waals surface area contributed by atoms with Crippen LogP contribution in [0.25, 0.3) is 0 Å². The van der Waals surface area contributed by atoms with Gasteiger partial charge in [-0.3, -0.25) is 0 Å². The fraction of sp³-hybridized carbons (Fsp3) is 0.263. The quantitative estimate of drug-likeness (QED) is 0.446. The fourth-order valence-electron chi connectivity index (χ4n) is 2.14. The minimum atomic E-state index is 0.456. The number of benzene rings is 2. The third-order valence-electron chi connectivity index (χ3n) is 3.32. The van der Waals surface area contributed by atoms with Gasteiger partial charge in [-0.25, -0.2) is 0 Å². The Kier molecular flexibility index (Phi) is 7.63. The SMILES string of the molecule is C=CCNCc1cc(OCC)c(OCc2ccc(Cl)cc2)cc1Br. The maximum Gasteiger partial charge on any atom is 0.162 e. The van der Waals surface area contributed by atoms with E-state index in [0.717, 1.165) is 34.4 Å². The first kappa shape index (κ1) is 18.8. The standard InChI is InChI=1S/C19H21BrClNO2/c1-3-9-22-12-15-10-18(23-4-2)19(11-17(15)20)24-13-14-5-7-16(21)8-6-14/h3,5-8,10-11,22H,1,4,9,12-13H2,2H3. The third kappa shape index (κ3) is 5.55. The van der Waals surface area contributed by atoms with Crippen LogP contribution >= 0.6 is 27.5 Å². The lowest BCUT2D eigenvalue weighted by Gasteiger charge is -2.15. The number of nitrogens with one attached hydrogen (secondary N) is 1. The predicted molar refractivity (Wildman–Crippen MR) is 103 cm³/mol. The zero-order chi connectivity index (χ0) is 17.4. The molecule has 24 heavy (non-hydrogen) atoms. The number of hydrogen-bond acceptors (Lipinski definition) is 3. The van der Waals surface area contributed by atoms with Crippen molar-refractivity contribution in [1.29, 1.82) is 0 Å². The van der Waals surface area contributed by atoms with Crippen molar-refractivity contribution in [3.63, 3.8) is 0 Å². The molecule has 0 unspecified atom stereocenters. The monoisotopic (exact) mass is 409 g/mol. The van der Waals surface area contributed by atoms with E-state index in [0.29, 0.717) is 24.0 Å². The molecule has 0 aliphatic heterocycles. The van der Waals surface area contributed by atoms with Crippen molar-refractivity contribution >= 4 is 27.5 Å². The Bertz CT molecular complexity index is 674. The van der Waals surface area contributed by atoms with E-state index in [2.05, 4.69) is 27.8 Å². The Morgan fingerprint density at radius 2 is 1.88 bits per heavy atom. The van der Waals surface area contributed by atoms with E-state index >= 15 is 0 Å². The molecule has 0 aliphatic carbocycles. The van der Waals surface area contributed by atoms with Crippen LogP contribution in [-0.4, -0.2) is 13.2 Å². The van der Waals surface area contributed by atoms with Crippen LogP contribution in [0.15, 0.2) is 53.5 Å². The van der Waals surface area contributed by atoms with Gasteiger partial charge in [0, 0.05) is 22.6 Å². The Labute approximate surface area is 156 Å². The van der Waals surface area contributed by atoms with Crippen LogP contribution in [0.3, 0.4) is 0 Å². The van der Waals surface area contributed by atoms with Crippen molar-refractivity contribution in [2.24, 2.45) is 0 Å². The van der Waals surface area contributed by atoms with E-state index in [1.807, 2.05) is 49.4 Å². The molecule has 2 aromatic rings. The third-order valence-corrected chi connectivity index (χ3v) is 4.31. The van der Waals surface area contributed by atoms with Crippen molar-refractivity contribution in [3.05, 3.63) is 69.7 Å². The molecule has 3 nitrogen and oxygen atoms in total. The van der Waals surface area contributed by atoms with E-state index in [-0.39, 0.29) is 0 Å². The largest absolute Gasteiger partial charge is 0.490 e. The summed E-state index contributed by atoms with van der Waals surface area (Å²) in [6.45, 7) is 8.19. The van der Waals surface area contributed by atoms with Crippen molar-refractivity contribution in [2.45, 2.75) is 20.1 Å². The highest BCUT2D eigenvalue weighted by atomic mass is 79.9. The molecule has 0 atom stereocenters. The highest BCUT2D eigenvalue weighted by Gasteiger charge is 2.11. The van der Waals surface area contributed by atoms with E-state index < -0.39 is 0 Å². The molecule has 5 heteroatoms. The minimum Gasteiger partial charge on any atom is -0.490 e. The molecule has 0 amide bonds. The maximum absolute atomic E-state index is 5.94. The van der Waals surface area contributed by atoms with E-state index in [4.69, 9.17) is 21.1 Å². The Morgan fingerprint density at radius 1 is 1.17 bits per heavy atom. The molecular formula is C19H21BrClNO2. The van der Waals surface area contributed by atoms with Gasteiger partial charge in [-0.2, -0.15) is 0 Å². The van der Waals surface area contributed by atoms with Crippen molar-refractivity contribution < 1.29 is 9.47 Å². The molecule has 0 aliphatic rings. The van der Waals surface area contributed by atoms with Crippen LogP contribution in [0.2, 0.25) is 5.02 Å². The van der Waals surface area contributed by atoms with Gasteiger partial charge in [0.2, 0.25) is 0 Å². The molecule has 0 saturated heterocycles. The first-order chi connectivity index (χ1) is 11.6. The Balaban J connectivity index is 2.13. The fourth-order valence-corrected chi connectivity index (χ4v) is 2.73. The summed E-state index contributed by atoms with van der Waals surface area (Å²) in [7, 11) is 0. The van der Waals surface area contributed by atoms with Crippen LogP contribution in [0.5, 0.6) is 11.5 Å². The first-order valence-corrected chi connectivity index (χ1v) is 8.95. The van der Waals surface area contributed by atoms with Gasteiger partial charge in [0.15, 0.2) is 11.5 Å². The van der Waals surface area contributed by atoms with E-state index in [1.54, 1.807) is 0 Å². The van der Waals surface area contributed by atoms with Gasteiger partial charge in [-0.15, -0.1) is 6.58 Å².